The molecule has 2 saturated heterocycles. The fourth-order valence-electron chi connectivity index (χ4n) is 3.93. The van der Waals surface area contributed by atoms with E-state index in [4.69, 9.17) is 0 Å². The van der Waals surface area contributed by atoms with E-state index in [0.717, 1.165) is 17.7 Å². The van der Waals surface area contributed by atoms with Crippen LogP contribution in [0.5, 0.6) is 0 Å². The van der Waals surface area contributed by atoms with Gasteiger partial charge in [-0.15, -0.1) is 11.3 Å². The number of thiophene rings is 1. The Kier molecular flexibility index (Phi) is 6.21. The summed E-state index contributed by atoms with van der Waals surface area (Å²) in [5.41, 5.74) is 0.581. The van der Waals surface area contributed by atoms with Gasteiger partial charge in [-0.25, -0.2) is 8.42 Å². The number of likely N-dealkylation sites (tertiary alicyclic amines) is 1. The zero-order chi connectivity index (χ0) is 21.1. The number of piperidine rings is 1. The smallest absolute Gasteiger partial charge is 0.263 e. The van der Waals surface area contributed by atoms with Crippen LogP contribution in [-0.2, 0) is 14.8 Å². The second-order valence-corrected chi connectivity index (χ2v) is 10.6. The maximum absolute atomic E-state index is 12.6. The minimum Gasteiger partial charge on any atom is -0.338 e. The molecule has 0 saturated carbocycles. The number of carbonyl (C=O) groups excluding carboxylic acids is 2. The first-order chi connectivity index (χ1) is 14.4. The van der Waals surface area contributed by atoms with Gasteiger partial charge in [-0.3, -0.25) is 9.59 Å². The van der Waals surface area contributed by atoms with Crippen LogP contribution in [0.25, 0.3) is 0 Å². The predicted molar refractivity (Wildman–Crippen MR) is 116 cm³/mol. The molecule has 0 atom stereocenters. The third-order valence-corrected chi connectivity index (χ3v) is 8.48. The van der Waals surface area contributed by atoms with Crippen LogP contribution in [0.2, 0.25) is 0 Å². The summed E-state index contributed by atoms with van der Waals surface area (Å²) in [4.78, 5) is 27.8. The first-order valence-electron chi connectivity index (χ1n) is 10.2. The lowest BCUT2D eigenvalue weighted by molar-refractivity contribution is -0.121. The highest BCUT2D eigenvalue weighted by Gasteiger charge is 2.29. The van der Waals surface area contributed by atoms with Crippen LogP contribution in [0.3, 0.4) is 0 Å². The SMILES string of the molecule is O=C(Nc1ccc(S(=O)(=O)N2CCCC2)cc1)C1CCN(C(=O)c2cccs2)CC1. The van der Waals surface area contributed by atoms with E-state index >= 15 is 0 Å². The lowest BCUT2D eigenvalue weighted by Crippen LogP contribution is -2.41. The molecule has 2 fully saturated rings. The number of sulfonamides is 1. The number of benzene rings is 1. The Labute approximate surface area is 180 Å². The number of hydrogen-bond donors (Lipinski definition) is 1. The zero-order valence-corrected chi connectivity index (χ0v) is 18.3. The first-order valence-corrected chi connectivity index (χ1v) is 12.5. The predicted octanol–water partition coefficient (Wildman–Crippen LogP) is 3.02. The van der Waals surface area contributed by atoms with Crippen molar-refractivity contribution in [1.82, 2.24) is 9.21 Å². The van der Waals surface area contributed by atoms with E-state index in [0.29, 0.717) is 44.7 Å². The largest absolute Gasteiger partial charge is 0.338 e. The average Bonchev–Trinajstić information content (AvgIpc) is 3.48. The molecule has 7 nitrogen and oxygen atoms in total. The summed E-state index contributed by atoms with van der Waals surface area (Å²) in [5.74, 6) is -0.225. The lowest BCUT2D eigenvalue weighted by Gasteiger charge is -2.31. The molecule has 0 unspecified atom stereocenters. The van der Waals surface area contributed by atoms with Crippen LogP contribution in [0.1, 0.15) is 35.4 Å². The van der Waals surface area contributed by atoms with Crippen molar-refractivity contribution < 1.29 is 18.0 Å². The van der Waals surface area contributed by atoms with E-state index in [-0.39, 0.29) is 22.6 Å². The molecule has 1 aromatic heterocycles. The lowest BCUT2D eigenvalue weighted by atomic mass is 9.95. The molecular formula is C21H25N3O4S2. The Bertz CT molecular complexity index is 989. The number of anilines is 1. The van der Waals surface area contributed by atoms with E-state index in [1.54, 1.807) is 29.2 Å². The van der Waals surface area contributed by atoms with Crippen LogP contribution in [-0.4, -0.2) is 55.6 Å². The molecule has 0 radical (unpaired) electrons. The summed E-state index contributed by atoms with van der Waals surface area (Å²) in [6.07, 6.45) is 3.02. The number of nitrogens with zero attached hydrogens (tertiary/aromatic N) is 2. The molecule has 160 valence electrons. The molecule has 1 N–H and O–H groups in total. The van der Waals surface area contributed by atoms with Gasteiger partial charge in [-0.2, -0.15) is 4.31 Å². The Morgan fingerprint density at radius 2 is 1.63 bits per heavy atom. The molecule has 0 spiro atoms. The summed E-state index contributed by atoms with van der Waals surface area (Å²) in [6, 6.07) is 10.0. The Balaban J connectivity index is 1.32. The summed E-state index contributed by atoms with van der Waals surface area (Å²) in [5, 5.41) is 4.77. The Morgan fingerprint density at radius 1 is 0.967 bits per heavy atom. The number of nitrogens with one attached hydrogen (secondary N) is 1. The van der Waals surface area contributed by atoms with Crippen molar-refractivity contribution in [3.63, 3.8) is 0 Å². The van der Waals surface area contributed by atoms with Crippen LogP contribution < -0.4 is 5.32 Å². The highest BCUT2D eigenvalue weighted by molar-refractivity contribution is 7.89. The quantitative estimate of drug-likeness (QED) is 0.763. The van der Waals surface area contributed by atoms with Crippen molar-refractivity contribution >= 4 is 38.9 Å². The van der Waals surface area contributed by atoms with Crippen molar-refractivity contribution in [2.75, 3.05) is 31.5 Å². The van der Waals surface area contributed by atoms with E-state index < -0.39 is 10.0 Å². The van der Waals surface area contributed by atoms with Gasteiger partial charge in [0.1, 0.15) is 0 Å². The van der Waals surface area contributed by atoms with E-state index in [1.807, 2.05) is 17.5 Å². The first kappa shape index (κ1) is 21.0. The molecule has 3 heterocycles. The molecule has 9 heteroatoms. The molecular weight excluding hydrogens is 422 g/mol. The molecule has 2 aliphatic heterocycles. The van der Waals surface area contributed by atoms with Gasteiger partial charge in [-0.05, 0) is 61.4 Å². The van der Waals surface area contributed by atoms with Crippen molar-refractivity contribution in [2.45, 2.75) is 30.6 Å². The topological polar surface area (TPSA) is 86.8 Å². The van der Waals surface area contributed by atoms with Crippen molar-refractivity contribution in [1.29, 1.82) is 0 Å². The van der Waals surface area contributed by atoms with E-state index in [9.17, 15) is 18.0 Å². The molecule has 2 aliphatic rings. The Hall–Kier alpha value is -2.23. The second-order valence-electron chi connectivity index (χ2n) is 7.67. The van der Waals surface area contributed by atoms with Crippen LogP contribution in [0.4, 0.5) is 5.69 Å². The van der Waals surface area contributed by atoms with Gasteiger partial charge >= 0.3 is 0 Å². The number of rotatable bonds is 5. The van der Waals surface area contributed by atoms with E-state index in [1.165, 1.54) is 15.6 Å². The molecule has 4 rings (SSSR count). The third kappa shape index (κ3) is 4.43. The molecule has 1 aromatic carbocycles. The second kappa shape index (κ2) is 8.87. The molecule has 30 heavy (non-hydrogen) atoms. The van der Waals surface area contributed by atoms with Crippen molar-refractivity contribution in [2.24, 2.45) is 5.92 Å². The van der Waals surface area contributed by atoms with Gasteiger partial charge in [0.25, 0.3) is 5.91 Å². The van der Waals surface area contributed by atoms with Gasteiger partial charge in [0.05, 0.1) is 9.77 Å². The van der Waals surface area contributed by atoms with Crippen LogP contribution in [0, 0.1) is 5.92 Å². The van der Waals surface area contributed by atoms with E-state index in [2.05, 4.69) is 5.32 Å². The van der Waals surface area contributed by atoms with Crippen molar-refractivity contribution in [3.05, 3.63) is 46.7 Å². The van der Waals surface area contributed by atoms with Gasteiger partial charge in [-0.1, -0.05) is 6.07 Å². The highest BCUT2D eigenvalue weighted by Crippen LogP contribution is 2.24. The molecule has 2 aromatic rings. The minimum atomic E-state index is -3.45. The summed E-state index contributed by atoms with van der Waals surface area (Å²) >= 11 is 1.43. The zero-order valence-electron chi connectivity index (χ0n) is 16.6. The maximum Gasteiger partial charge on any atom is 0.263 e. The fourth-order valence-corrected chi connectivity index (χ4v) is 6.14. The van der Waals surface area contributed by atoms with Crippen LogP contribution in [0.15, 0.2) is 46.7 Å². The molecule has 0 bridgehead atoms. The standard InChI is InChI=1S/C21H25N3O4S2/c25-20(16-9-13-23(14-10-16)21(26)19-4-3-15-29-19)22-17-5-7-18(8-6-17)30(27,28)24-11-1-2-12-24/h3-8,15-16H,1-2,9-14H2,(H,22,25). The third-order valence-electron chi connectivity index (χ3n) is 5.71. The molecule has 2 amide bonds. The average molecular weight is 448 g/mol. The van der Waals surface area contributed by atoms with Crippen LogP contribution >= 0.6 is 11.3 Å². The Morgan fingerprint density at radius 3 is 2.23 bits per heavy atom. The normalized spacial score (nSPS) is 18.5. The van der Waals surface area contributed by atoms with Gasteiger partial charge in [0.2, 0.25) is 15.9 Å². The minimum absolute atomic E-state index is 0.0265. The van der Waals surface area contributed by atoms with Crippen molar-refractivity contribution in [3.8, 4) is 0 Å². The van der Waals surface area contributed by atoms with Gasteiger partial charge in [0.15, 0.2) is 0 Å². The monoisotopic (exact) mass is 447 g/mol. The number of hydrogen-bond acceptors (Lipinski definition) is 5. The summed E-state index contributed by atoms with van der Waals surface area (Å²) < 4.78 is 26.7. The van der Waals surface area contributed by atoms with Gasteiger partial charge < -0.3 is 10.2 Å². The fraction of sp³-hybridized carbons (Fsp3) is 0.429. The number of amides is 2. The number of carbonyl (C=O) groups is 2. The maximum atomic E-state index is 12.6. The summed E-state index contributed by atoms with van der Waals surface area (Å²) in [7, 11) is -3.45. The molecule has 0 aliphatic carbocycles. The summed E-state index contributed by atoms with van der Waals surface area (Å²) in [6.45, 7) is 2.24. The van der Waals surface area contributed by atoms with Gasteiger partial charge in [0, 0.05) is 37.8 Å². The highest BCUT2D eigenvalue weighted by atomic mass is 32.2.